The molecule has 1 aliphatic heterocycles. The monoisotopic (exact) mass is 274 g/mol. The van der Waals surface area contributed by atoms with E-state index in [2.05, 4.69) is 29.2 Å². The summed E-state index contributed by atoms with van der Waals surface area (Å²) in [5.41, 5.74) is 7.37. The Morgan fingerprint density at radius 2 is 2.00 bits per heavy atom. The van der Waals surface area contributed by atoms with Gasteiger partial charge in [-0.15, -0.1) is 0 Å². The van der Waals surface area contributed by atoms with E-state index in [0.29, 0.717) is 12.0 Å². The van der Waals surface area contributed by atoms with Crippen molar-refractivity contribution < 1.29 is 4.74 Å². The predicted octanol–water partition coefficient (Wildman–Crippen LogP) is 2.79. The van der Waals surface area contributed by atoms with E-state index in [-0.39, 0.29) is 0 Å². The minimum absolute atomic E-state index is 0.636. The van der Waals surface area contributed by atoms with Crippen LogP contribution < -0.4 is 10.5 Å². The molecule has 2 aliphatic rings. The first kappa shape index (κ1) is 13.9. The predicted molar refractivity (Wildman–Crippen MR) is 81.8 cm³/mol. The molecule has 3 heteroatoms. The molecule has 0 bridgehead atoms. The molecule has 110 valence electrons. The average Bonchev–Trinajstić information content (AvgIpc) is 2.84. The number of rotatable bonds is 2. The van der Waals surface area contributed by atoms with Gasteiger partial charge in [0.2, 0.25) is 0 Å². The summed E-state index contributed by atoms with van der Waals surface area (Å²) < 4.78 is 5.90. The highest BCUT2D eigenvalue weighted by Crippen LogP contribution is 2.30. The van der Waals surface area contributed by atoms with Gasteiger partial charge in [0, 0.05) is 24.7 Å². The summed E-state index contributed by atoms with van der Waals surface area (Å²) >= 11 is 0. The van der Waals surface area contributed by atoms with E-state index in [1.54, 1.807) is 0 Å². The molecule has 0 spiro atoms. The second kappa shape index (κ2) is 6.59. The number of hydrogen-bond acceptors (Lipinski definition) is 3. The average molecular weight is 274 g/mol. The molecular formula is C17H26N2O. The molecule has 1 heterocycles. The molecule has 0 amide bonds. The Morgan fingerprint density at radius 3 is 2.90 bits per heavy atom. The second-order valence-corrected chi connectivity index (χ2v) is 6.13. The van der Waals surface area contributed by atoms with E-state index < -0.39 is 0 Å². The molecule has 1 aromatic carbocycles. The van der Waals surface area contributed by atoms with Crippen LogP contribution >= 0.6 is 0 Å². The van der Waals surface area contributed by atoms with Crippen LogP contribution in [0.25, 0.3) is 0 Å². The van der Waals surface area contributed by atoms with Gasteiger partial charge in [-0.25, -0.2) is 0 Å². The van der Waals surface area contributed by atoms with E-state index in [1.165, 1.54) is 37.7 Å². The lowest BCUT2D eigenvalue weighted by Crippen LogP contribution is -2.43. The Kier molecular flexibility index (Phi) is 4.58. The van der Waals surface area contributed by atoms with Crippen LogP contribution in [0.4, 0.5) is 0 Å². The van der Waals surface area contributed by atoms with Crippen LogP contribution in [0.3, 0.4) is 0 Å². The van der Waals surface area contributed by atoms with Gasteiger partial charge < -0.3 is 10.5 Å². The van der Waals surface area contributed by atoms with Gasteiger partial charge in [-0.2, -0.15) is 0 Å². The zero-order chi connectivity index (χ0) is 13.8. The molecule has 2 atom stereocenters. The van der Waals surface area contributed by atoms with Crippen molar-refractivity contribution in [2.75, 3.05) is 19.7 Å². The molecule has 2 unspecified atom stereocenters. The molecule has 0 saturated heterocycles. The third-order valence-electron chi connectivity index (χ3n) is 4.87. The minimum atomic E-state index is 0.636. The molecule has 3 rings (SSSR count). The van der Waals surface area contributed by atoms with Crippen molar-refractivity contribution in [3.05, 3.63) is 29.8 Å². The molecule has 1 saturated carbocycles. The van der Waals surface area contributed by atoms with Crippen LogP contribution in [0.5, 0.6) is 5.75 Å². The lowest BCUT2D eigenvalue weighted by atomic mass is 9.93. The Balaban J connectivity index is 1.78. The van der Waals surface area contributed by atoms with Crippen molar-refractivity contribution >= 4 is 0 Å². The zero-order valence-electron chi connectivity index (χ0n) is 12.3. The fourth-order valence-electron chi connectivity index (χ4n) is 3.75. The highest BCUT2D eigenvalue weighted by Gasteiger charge is 2.29. The van der Waals surface area contributed by atoms with Crippen LogP contribution in [-0.2, 0) is 6.54 Å². The number of nitrogens with two attached hydrogens (primary N) is 1. The highest BCUT2D eigenvalue weighted by atomic mass is 16.5. The molecule has 1 fully saturated rings. The molecule has 1 aromatic rings. The quantitative estimate of drug-likeness (QED) is 0.843. The lowest BCUT2D eigenvalue weighted by molar-refractivity contribution is 0.118. The fourth-order valence-corrected chi connectivity index (χ4v) is 3.75. The van der Waals surface area contributed by atoms with Crippen molar-refractivity contribution in [2.45, 2.75) is 44.7 Å². The molecular weight excluding hydrogens is 248 g/mol. The summed E-state index contributed by atoms with van der Waals surface area (Å²) in [7, 11) is 0. The van der Waals surface area contributed by atoms with E-state index in [0.717, 1.165) is 32.0 Å². The minimum Gasteiger partial charge on any atom is -0.492 e. The van der Waals surface area contributed by atoms with Gasteiger partial charge in [0.15, 0.2) is 0 Å². The third-order valence-corrected chi connectivity index (χ3v) is 4.87. The van der Waals surface area contributed by atoms with Crippen LogP contribution in [0.1, 0.15) is 37.7 Å². The zero-order valence-corrected chi connectivity index (χ0v) is 12.3. The summed E-state index contributed by atoms with van der Waals surface area (Å²) in [6.07, 6.45) is 6.65. The lowest BCUT2D eigenvalue weighted by Gasteiger charge is -2.34. The number of nitrogens with zero attached hydrogens (tertiary/aromatic N) is 1. The van der Waals surface area contributed by atoms with Crippen LogP contribution in [-0.4, -0.2) is 30.6 Å². The second-order valence-electron chi connectivity index (χ2n) is 6.13. The Hall–Kier alpha value is -1.06. The van der Waals surface area contributed by atoms with Gasteiger partial charge >= 0.3 is 0 Å². The number of ether oxygens (including phenoxy) is 1. The Morgan fingerprint density at radius 1 is 1.15 bits per heavy atom. The fraction of sp³-hybridized carbons (Fsp3) is 0.647. The Bertz CT molecular complexity index is 435. The first-order valence-electron chi connectivity index (χ1n) is 8.03. The number of benzene rings is 1. The molecule has 0 aromatic heterocycles. The van der Waals surface area contributed by atoms with Gasteiger partial charge in [0.1, 0.15) is 12.4 Å². The molecule has 0 radical (unpaired) electrons. The molecule has 1 aliphatic carbocycles. The van der Waals surface area contributed by atoms with Crippen molar-refractivity contribution in [3.63, 3.8) is 0 Å². The van der Waals surface area contributed by atoms with Gasteiger partial charge in [0.25, 0.3) is 0 Å². The highest BCUT2D eigenvalue weighted by molar-refractivity contribution is 5.33. The van der Waals surface area contributed by atoms with Crippen LogP contribution in [0.15, 0.2) is 24.3 Å². The standard InChI is InChI=1S/C17H26N2O/c18-12-14-6-2-1-3-8-16(14)19-10-11-20-17-9-5-4-7-15(17)13-19/h4-5,7,9,14,16H,1-3,6,8,10-13,18H2. The van der Waals surface area contributed by atoms with E-state index in [4.69, 9.17) is 10.5 Å². The van der Waals surface area contributed by atoms with E-state index in [9.17, 15) is 0 Å². The summed E-state index contributed by atoms with van der Waals surface area (Å²) in [6.45, 7) is 3.65. The SMILES string of the molecule is NCC1CCCCCC1N1CCOc2ccccc2C1. The summed E-state index contributed by atoms with van der Waals surface area (Å²) in [5, 5.41) is 0. The van der Waals surface area contributed by atoms with Gasteiger partial charge in [-0.05, 0) is 31.4 Å². The maximum atomic E-state index is 6.05. The number of fused-ring (bicyclic) bond motifs is 1. The first-order chi connectivity index (χ1) is 9.88. The number of para-hydroxylation sites is 1. The first-order valence-corrected chi connectivity index (χ1v) is 8.03. The normalized spacial score (nSPS) is 28.1. The smallest absolute Gasteiger partial charge is 0.123 e. The molecule has 3 nitrogen and oxygen atoms in total. The van der Waals surface area contributed by atoms with Crippen molar-refractivity contribution in [3.8, 4) is 5.75 Å². The summed E-state index contributed by atoms with van der Waals surface area (Å²) in [5.74, 6) is 1.72. The molecule has 2 N–H and O–H groups in total. The van der Waals surface area contributed by atoms with E-state index in [1.807, 2.05) is 0 Å². The third kappa shape index (κ3) is 2.99. The molecule has 20 heavy (non-hydrogen) atoms. The van der Waals surface area contributed by atoms with Crippen LogP contribution in [0.2, 0.25) is 0 Å². The van der Waals surface area contributed by atoms with E-state index >= 15 is 0 Å². The van der Waals surface area contributed by atoms with Crippen LogP contribution in [0, 0.1) is 5.92 Å². The summed E-state index contributed by atoms with van der Waals surface area (Å²) in [4.78, 5) is 2.62. The maximum absolute atomic E-state index is 6.05. The van der Waals surface area contributed by atoms with Crippen molar-refractivity contribution in [1.29, 1.82) is 0 Å². The van der Waals surface area contributed by atoms with Crippen molar-refractivity contribution in [1.82, 2.24) is 4.90 Å². The van der Waals surface area contributed by atoms with Crippen molar-refractivity contribution in [2.24, 2.45) is 11.7 Å². The Labute approximate surface area is 122 Å². The van der Waals surface area contributed by atoms with Gasteiger partial charge in [0.05, 0.1) is 0 Å². The largest absolute Gasteiger partial charge is 0.492 e. The maximum Gasteiger partial charge on any atom is 0.123 e. The topological polar surface area (TPSA) is 38.5 Å². The van der Waals surface area contributed by atoms with Gasteiger partial charge in [-0.1, -0.05) is 37.5 Å². The van der Waals surface area contributed by atoms with Gasteiger partial charge in [-0.3, -0.25) is 4.90 Å². The number of hydrogen-bond donors (Lipinski definition) is 1. The summed E-state index contributed by atoms with van der Waals surface area (Å²) in [6, 6.07) is 9.09.